The number of hydrogen-bond donors (Lipinski definition) is 1. The molecule has 0 radical (unpaired) electrons. The van der Waals surface area contributed by atoms with Crippen molar-refractivity contribution in [1.82, 2.24) is 4.90 Å². The van der Waals surface area contributed by atoms with Gasteiger partial charge in [-0.25, -0.2) is 0 Å². The van der Waals surface area contributed by atoms with E-state index in [0.717, 1.165) is 32.0 Å². The molecule has 1 aliphatic carbocycles. The highest BCUT2D eigenvalue weighted by Gasteiger charge is 2.41. The van der Waals surface area contributed by atoms with Crippen molar-refractivity contribution in [3.63, 3.8) is 0 Å². The van der Waals surface area contributed by atoms with E-state index in [4.69, 9.17) is 11.6 Å². The van der Waals surface area contributed by atoms with Crippen LogP contribution in [0.15, 0.2) is 11.1 Å². The molecule has 0 aromatic heterocycles. The molecule has 1 heterocycles. The number of aliphatic hydroxyl groups is 1. The van der Waals surface area contributed by atoms with E-state index in [1.807, 2.05) is 0 Å². The normalized spacial score (nSPS) is 39.1. The highest BCUT2D eigenvalue weighted by Crippen LogP contribution is 2.38. The van der Waals surface area contributed by atoms with Gasteiger partial charge >= 0.3 is 0 Å². The second kappa shape index (κ2) is 4.21. The maximum absolute atomic E-state index is 9.74. The molecule has 3 unspecified atom stereocenters. The predicted octanol–water partition coefficient (Wildman–Crippen LogP) is 1.83. The maximum Gasteiger partial charge on any atom is 0.0583 e. The molecule has 0 spiro atoms. The van der Waals surface area contributed by atoms with Crippen molar-refractivity contribution in [2.75, 3.05) is 19.6 Å². The highest BCUT2D eigenvalue weighted by atomic mass is 35.5. The van der Waals surface area contributed by atoms with E-state index in [9.17, 15) is 5.11 Å². The third kappa shape index (κ3) is 1.97. The lowest BCUT2D eigenvalue weighted by molar-refractivity contribution is 0.125. The average molecular weight is 216 g/mol. The van der Waals surface area contributed by atoms with E-state index in [0.29, 0.717) is 5.92 Å². The van der Waals surface area contributed by atoms with Crippen molar-refractivity contribution in [3.8, 4) is 0 Å². The number of likely N-dealkylation sites (tertiary alicyclic amines) is 1. The lowest BCUT2D eigenvalue weighted by Gasteiger charge is -2.17. The molecule has 2 aliphatic rings. The molecule has 0 aromatic rings. The van der Waals surface area contributed by atoms with Gasteiger partial charge in [-0.15, -0.1) is 0 Å². The third-order valence-electron chi connectivity index (χ3n) is 3.55. The fraction of sp³-hybridized carbons (Fsp3) is 0.818. The predicted molar refractivity (Wildman–Crippen MR) is 58.3 cm³/mol. The van der Waals surface area contributed by atoms with Crippen molar-refractivity contribution < 1.29 is 5.11 Å². The number of nitrogens with zero attached hydrogens (tertiary/aromatic N) is 1. The summed E-state index contributed by atoms with van der Waals surface area (Å²) in [7, 11) is 0. The van der Waals surface area contributed by atoms with Gasteiger partial charge in [-0.2, -0.15) is 0 Å². The first kappa shape index (κ1) is 10.5. The zero-order chi connectivity index (χ0) is 10.1. The first-order valence-electron chi connectivity index (χ1n) is 5.37. The third-order valence-corrected chi connectivity index (χ3v) is 3.93. The van der Waals surface area contributed by atoms with Crippen LogP contribution in [-0.2, 0) is 0 Å². The van der Waals surface area contributed by atoms with Gasteiger partial charge in [0.2, 0.25) is 0 Å². The summed E-state index contributed by atoms with van der Waals surface area (Å²) in [6.45, 7) is 5.21. The van der Waals surface area contributed by atoms with Gasteiger partial charge in [0.05, 0.1) is 6.10 Å². The van der Waals surface area contributed by atoms with Crippen molar-refractivity contribution >= 4 is 11.6 Å². The molecule has 2 rings (SSSR count). The molecule has 1 saturated heterocycles. The monoisotopic (exact) mass is 215 g/mol. The molecule has 0 amide bonds. The van der Waals surface area contributed by atoms with Crippen molar-refractivity contribution in [2.45, 2.75) is 25.9 Å². The van der Waals surface area contributed by atoms with Crippen molar-refractivity contribution in [3.05, 3.63) is 11.1 Å². The van der Waals surface area contributed by atoms with Gasteiger partial charge in [-0.1, -0.05) is 11.6 Å². The summed E-state index contributed by atoms with van der Waals surface area (Å²) in [6, 6.07) is 0. The van der Waals surface area contributed by atoms with Gasteiger partial charge in [0.1, 0.15) is 0 Å². The van der Waals surface area contributed by atoms with Crippen molar-refractivity contribution in [1.29, 1.82) is 0 Å². The summed E-state index contributed by atoms with van der Waals surface area (Å²) in [5, 5.41) is 9.74. The standard InChI is InChI=1S/C11H18ClNO/c1-8(4-12)5-13-6-9-2-3-11(14)10(9)7-13/h4,9-11,14H,2-3,5-7H2,1H3/b8-4+. The van der Waals surface area contributed by atoms with Crippen LogP contribution in [0.1, 0.15) is 19.8 Å². The molecule has 80 valence electrons. The lowest BCUT2D eigenvalue weighted by Crippen LogP contribution is -2.26. The van der Waals surface area contributed by atoms with E-state index in [1.165, 1.54) is 12.0 Å². The topological polar surface area (TPSA) is 23.5 Å². The average Bonchev–Trinajstić information content (AvgIpc) is 2.69. The molecule has 3 atom stereocenters. The van der Waals surface area contributed by atoms with E-state index < -0.39 is 0 Å². The molecule has 2 nitrogen and oxygen atoms in total. The molecule has 1 saturated carbocycles. The van der Waals surface area contributed by atoms with Gasteiger partial charge in [0, 0.05) is 31.1 Å². The Hall–Kier alpha value is -0.0500. The van der Waals surface area contributed by atoms with Crippen LogP contribution in [0.25, 0.3) is 0 Å². The van der Waals surface area contributed by atoms with Crippen LogP contribution in [0.4, 0.5) is 0 Å². The largest absolute Gasteiger partial charge is 0.393 e. The van der Waals surface area contributed by atoms with Crippen LogP contribution < -0.4 is 0 Å². The molecule has 0 bridgehead atoms. The second-order valence-electron chi connectivity index (χ2n) is 4.72. The fourth-order valence-electron chi connectivity index (χ4n) is 2.85. The number of aliphatic hydroxyl groups excluding tert-OH is 1. The van der Waals surface area contributed by atoms with Gasteiger partial charge in [0.15, 0.2) is 0 Å². The van der Waals surface area contributed by atoms with Crippen molar-refractivity contribution in [2.24, 2.45) is 11.8 Å². The van der Waals surface area contributed by atoms with E-state index in [1.54, 1.807) is 5.54 Å². The highest BCUT2D eigenvalue weighted by molar-refractivity contribution is 6.25. The molecule has 3 heteroatoms. The summed E-state index contributed by atoms with van der Waals surface area (Å²) in [6.07, 6.45) is 2.16. The van der Waals surface area contributed by atoms with E-state index >= 15 is 0 Å². The zero-order valence-electron chi connectivity index (χ0n) is 8.62. The van der Waals surface area contributed by atoms with Gasteiger partial charge in [-0.05, 0) is 31.3 Å². The summed E-state index contributed by atoms with van der Waals surface area (Å²) < 4.78 is 0. The molecule has 1 aliphatic heterocycles. The van der Waals surface area contributed by atoms with Crippen LogP contribution in [0.2, 0.25) is 0 Å². The minimum Gasteiger partial charge on any atom is -0.393 e. The van der Waals surface area contributed by atoms with Gasteiger partial charge in [-0.3, -0.25) is 4.90 Å². The molecule has 2 fully saturated rings. The summed E-state index contributed by atoms with van der Waals surface area (Å²) >= 11 is 5.64. The minimum absolute atomic E-state index is 0.0507. The zero-order valence-corrected chi connectivity index (χ0v) is 9.37. The molecular formula is C11H18ClNO. The first-order valence-corrected chi connectivity index (χ1v) is 5.80. The summed E-state index contributed by atoms with van der Waals surface area (Å²) in [5.41, 5.74) is 2.87. The number of rotatable bonds is 2. The smallest absolute Gasteiger partial charge is 0.0583 e. The van der Waals surface area contributed by atoms with Crippen LogP contribution >= 0.6 is 11.6 Å². The summed E-state index contributed by atoms with van der Waals surface area (Å²) in [5.74, 6) is 1.26. The first-order chi connectivity index (χ1) is 6.70. The Balaban J connectivity index is 1.89. The maximum atomic E-state index is 9.74. The van der Waals surface area contributed by atoms with Crippen LogP contribution in [0.3, 0.4) is 0 Å². The molecule has 1 N–H and O–H groups in total. The molecule has 14 heavy (non-hydrogen) atoms. The SMILES string of the molecule is C/C(=C\Cl)CN1CC2CCC(O)C2C1. The Morgan fingerprint density at radius 3 is 2.93 bits per heavy atom. The van der Waals surface area contributed by atoms with E-state index in [2.05, 4.69) is 11.8 Å². The van der Waals surface area contributed by atoms with Crippen LogP contribution in [0, 0.1) is 11.8 Å². The van der Waals surface area contributed by atoms with E-state index in [-0.39, 0.29) is 6.10 Å². The quantitative estimate of drug-likeness (QED) is 0.760. The fourth-order valence-corrected chi connectivity index (χ4v) is 2.91. The lowest BCUT2D eigenvalue weighted by atomic mass is 10.00. The Morgan fingerprint density at radius 2 is 2.29 bits per heavy atom. The Bertz CT molecular complexity index is 241. The Morgan fingerprint density at radius 1 is 1.50 bits per heavy atom. The molecule has 0 aromatic carbocycles. The molecular weight excluding hydrogens is 198 g/mol. The Kier molecular flexibility index (Phi) is 3.15. The number of hydrogen-bond acceptors (Lipinski definition) is 2. The second-order valence-corrected chi connectivity index (χ2v) is 4.94. The number of halogens is 1. The van der Waals surface area contributed by atoms with Crippen LogP contribution in [-0.4, -0.2) is 35.7 Å². The minimum atomic E-state index is -0.0507. The van der Waals surface area contributed by atoms with Gasteiger partial charge in [0.25, 0.3) is 0 Å². The Labute approximate surface area is 90.5 Å². The number of fused-ring (bicyclic) bond motifs is 1. The van der Waals surface area contributed by atoms with Crippen LogP contribution in [0.5, 0.6) is 0 Å². The summed E-state index contributed by atoms with van der Waals surface area (Å²) in [4.78, 5) is 2.41. The van der Waals surface area contributed by atoms with Gasteiger partial charge < -0.3 is 5.11 Å².